The minimum atomic E-state index is 0.804. The van der Waals surface area contributed by atoms with Gasteiger partial charge < -0.3 is 5.32 Å². The van der Waals surface area contributed by atoms with Gasteiger partial charge in [-0.15, -0.1) is 11.3 Å². The van der Waals surface area contributed by atoms with E-state index in [2.05, 4.69) is 16.4 Å². The lowest BCUT2D eigenvalue weighted by atomic mass is 9.83. The summed E-state index contributed by atoms with van der Waals surface area (Å²) in [6.45, 7) is 1.09. The number of rotatable bonds is 5. The lowest BCUT2D eigenvalue weighted by molar-refractivity contribution is 0.396. The standard InChI is InChI=1S/C15H22N2S/c1-2-4-12(5-3-1)13(9-17-14-6-7-14)8-15-10-16-11-18-15/h8,10-12,14,17H,1-7,9H2. The largest absolute Gasteiger partial charge is 0.310 e. The van der Waals surface area contributed by atoms with Crippen LogP contribution in [0.3, 0.4) is 0 Å². The van der Waals surface area contributed by atoms with E-state index in [1.807, 2.05) is 11.7 Å². The summed E-state index contributed by atoms with van der Waals surface area (Å²) in [5.41, 5.74) is 3.55. The maximum atomic E-state index is 4.18. The smallest absolute Gasteiger partial charge is 0.0797 e. The third-order valence-corrected chi connectivity index (χ3v) is 4.80. The Morgan fingerprint density at radius 1 is 1.28 bits per heavy atom. The third kappa shape index (κ3) is 3.42. The number of aromatic nitrogens is 1. The molecule has 0 radical (unpaired) electrons. The molecule has 0 spiro atoms. The number of hydrogen-bond donors (Lipinski definition) is 1. The number of nitrogens with one attached hydrogen (secondary N) is 1. The van der Waals surface area contributed by atoms with E-state index >= 15 is 0 Å². The molecule has 1 aromatic rings. The van der Waals surface area contributed by atoms with Gasteiger partial charge in [0.1, 0.15) is 0 Å². The average Bonchev–Trinajstić information content (AvgIpc) is 3.11. The first-order valence-electron chi connectivity index (χ1n) is 7.24. The van der Waals surface area contributed by atoms with E-state index in [0.29, 0.717) is 0 Å². The van der Waals surface area contributed by atoms with Crippen LogP contribution in [-0.2, 0) is 0 Å². The molecule has 2 saturated carbocycles. The molecule has 0 unspecified atom stereocenters. The molecule has 0 atom stereocenters. The van der Waals surface area contributed by atoms with E-state index in [1.54, 1.807) is 16.9 Å². The predicted octanol–water partition coefficient (Wildman–Crippen LogP) is 3.86. The van der Waals surface area contributed by atoms with Crippen LogP contribution in [0.1, 0.15) is 49.8 Å². The first-order valence-corrected chi connectivity index (χ1v) is 8.12. The Hall–Kier alpha value is -0.670. The van der Waals surface area contributed by atoms with Crippen molar-refractivity contribution in [2.45, 2.75) is 51.0 Å². The van der Waals surface area contributed by atoms with Gasteiger partial charge in [-0.2, -0.15) is 0 Å². The average molecular weight is 262 g/mol. The van der Waals surface area contributed by atoms with Crippen molar-refractivity contribution in [3.8, 4) is 0 Å². The Kier molecular flexibility index (Phi) is 4.11. The highest BCUT2D eigenvalue weighted by atomic mass is 32.1. The van der Waals surface area contributed by atoms with Crippen molar-refractivity contribution >= 4 is 17.4 Å². The molecule has 2 aliphatic carbocycles. The molecule has 98 valence electrons. The van der Waals surface area contributed by atoms with Crippen molar-refractivity contribution in [2.24, 2.45) is 5.92 Å². The van der Waals surface area contributed by atoms with Gasteiger partial charge in [-0.05, 0) is 37.7 Å². The van der Waals surface area contributed by atoms with Gasteiger partial charge in [-0.3, -0.25) is 4.98 Å². The zero-order valence-corrected chi connectivity index (χ0v) is 11.7. The van der Waals surface area contributed by atoms with Gasteiger partial charge >= 0.3 is 0 Å². The fraction of sp³-hybridized carbons (Fsp3) is 0.667. The Balaban J connectivity index is 1.68. The van der Waals surface area contributed by atoms with Gasteiger partial charge in [0.05, 0.1) is 5.51 Å². The van der Waals surface area contributed by atoms with E-state index in [0.717, 1.165) is 18.5 Å². The monoisotopic (exact) mass is 262 g/mol. The van der Waals surface area contributed by atoms with Crippen LogP contribution in [0.15, 0.2) is 17.3 Å². The number of hydrogen-bond acceptors (Lipinski definition) is 3. The van der Waals surface area contributed by atoms with Crippen LogP contribution >= 0.6 is 11.3 Å². The summed E-state index contributed by atoms with van der Waals surface area (Å²) in [7, 11) is 0. The second-order valence-electron chi connectivity index (χ2n) is 5.61. The SMILES string of the molecule is C(=C(CNC1CC1)C1CCCCC1)c1cncs1. The van der Waals surface area contributed by atoms with E-state index < -0.39 is 0 Å². The van der Waals surface area contributed by atoms with E-state index in [4.69, 9.17) is 0 Å². The minimum absolute atomic E-state index is 0.804. The molecule has 1 N–H and O–H groups in total. The summed E-state index contributed by atoms with van der Waals surface area (Å²) < 4.78 is 0. The molecule has 2 aliphatic rings. The predicted molar refractivity (Wildman–Crippen MR) is 77.7 cm³/mol. The molecule has 0 saturated heterocycles. The zero-order valence-electron chi connectivity index (χ0n) is 10.9. The topological polar surface area (TPSA) is 24.9 Å². The lowest BCUT2D eigenvalue weighted by Gasteiger charge is -2.25. The van der Waals surface area contributed by atoms with Crippen LogP contribution < -0.4 is 5.32 Å². The van der Waals surface area contributed by atoms with E-state index in [1.165, 1.54) is 49.8 Å². The summed E-state index contributed by atoms with van der Waals surface area (Å²) in [4.78, 5) is 5.49. The highest BCUT2D eigenvalue weighted by Crippen LogP contribution is 2.31. The number of thiazole rings is 1. The van der Waals surface area contributed by atoms with E-state index in [9.17, 15) is 0 Å². The Bertz CT molecular complexity index is 387. The van der Waals surface area contributed by atoms with Gasteiger partial charge in [-0.1, -0.05) is 24.8 Å². The molecule has 0 bridgehead atoms. The van der Waals surface area contributed by atoms with Crippen LogP contribution in [-0.4, -0.2) is 17.6 Å². The summed E-state index contributed by atoms with van der Waals surface area (Å²) in [5.74, 6) is 0.812. The minimum Gasteiger partial charge on any atom is -0.310 e. The van der Waals surface area contributed by atoms with Gasteiger partial charge in [0.25, 0.3) is 0 Å². The lowest BCUT2D eigenvalue weighted by Crippen LogP contribution is -2.23. The maximum absolute atomic E-state index is 4.18. The van der Waals surface area contributed by atoms with Gasteiger partial charge in [0, 0.05) is 23.7 Å². The molecule has 1 heterocycles. The van der Waals surface area contributed by atoms with Crippen LogP contribution in [0.4, 0.5) is 0 Å². The quantitative estimate of drug-likeness (QED) is 0.871. The molecule has 18 heavy (non-hydrogen) atoms. The maximum Gasteiger partial charge on any atom is 0.0797 e. The second kappa shape index (κ2) is 5.98. The molecule has 0 amide bonds. The first-order chi connectivity index (χ1) is 8.92. The third-order valence-electron chi connectivity index (χ3n) is 4.08. The van der Waals surface area contributed by atoms with Crippen molar-refractivity contribution in [3.63, 3.8) is 0 Å². The highest BCUT2D eigenvalue weighted by molar-refractivity contribution is 7.10. The van der Waals surface area contributed by atoms with Crippen molar-refractivity contribution in [3.05, 3.63) is 22.2 Å². The van der Waals surface area contributed by atoms with Crippen molar-refractivity contribution < 1.29 is 0 Å². The van der Waals surface area contributed by atoms with Crippen LogP contribution in [0.2, 0.25) is 0 Å². The highest BCUT2D eigenvalue weighted by Gasteiger charge is 2.23. The summed E-state index contributed by atoms with van der Waals surface area (Å²) in [6, 6.07) is 0.804. The molecule has 0 aliphatic heterocycles. The Morgan fingerprint density at radius 2 is 2.11 bits per heavy atom. The van der Waals surface area contributed by atoms with Crippen LogP contribution in [0, 0.1) is 5.92 Å². The molecule has 2 fully saturated rings. The Labute approximate surface area is 114 Å². The molecule has 0 aromatic carbocycles. The molecule has 3 rings (SSSR count). The van der Waals surface area contributed by atoms with Crippen LogP contribution in [0.25, 0.3) is 6.08 Å². The molecular weight excluding hydrogens is 240 g/mol. The molecule has 2 nitrogen and oxygen atoms in total. The van der Waals surface area contributed by atoms with Crippen LogP contribution in [0.5, 0.6) is 0 Å². The fourth-order valence-electron chi connectivity index (χ4n) is 2.82. The van der Waals surface area contributed by atoms with Gasteiger partial charge in [0.15, 0.2) is 0 Å². The second-order valence-corrected chi connectivity index (χ2v) is 6.53. The normalized spacial score (nSPS) is 22.3. The molecule has 1 aromatic heterocycles. The summed E-state index contributed by atoms with van der Waals surface area (Å²) in [6.07, 6.45) is 14.2. The first kappa shape index (κ1) is 12.4. The van der Waals surface area contributed by atoms with Crippen molar-refractivity contribution in [2.75, 3.05) is 6.54 Å². The molecular formula is C15H22N2S. The number of nitrogens with zero attached hydrogens (tertiary/aromatic N) is 1. The zero-order chi connectivity index (χ0) is 12.2. The van der Waals surface area contributed by atoms with Gasteiger partial charge in [0.2, 0.25) is 0 Å². The summed E-state index contributed by atoms with van der Waals surface area (Å²) >= 11 is 1.75. The van der Waals surface area contributed by atoms with Crippen molar-refractivity contribution in [1.82, 2.24) is 10.3 Å². The fourth-order valence-corrected chi connectivity index (χ4v) is 3.40. The summed E-state index contributed by atoms with van der Waals surface area (Å²) in [5, 5.41) is 3.68. The Morgan fingerprint density at radius 3 is 2.78 bits per heavy atom. The van der Waals surface area contributed by atoms with E-state index in [-0.39, 0.29) is 0 Å². The molecule has 3 heteroatoms. The van der Waals surface area contributed by atoms with Gasteiger partial charge in [-0.25, -0.2) is 0 Å². The van der Waals surface area contributed by atoms with Crippen molar-refractivity contribution in [1.29, 1.82) is 0 Å².